The van der Waals surface area contributed by atoms with E-state index in [1.165, 1.54) is 4.31 Å². The Bertz CT molecular complexity index is 494. The van der Waals surface area contributed by atoms with Gasteiger partial charge in [-0.2, -0.15) is 4.31 Å². The van der Waals surface area contributed by atoms with E-state index in [0.29, 0.717) is 18.0 Å². The summed E-state index contributed by atoms with van der Waals surface area (Å²) in [7, 11) is -0.0143. The molecule has 18 heavy (non-hydrogen) atoms. The second kappa shape index (κ2) is 7.45. The number of hydrogen-bond donors (Lipinski definition) is 1. The minimum absolute atomic E-state index is 0. The van der Waals surface area contributed by atoms with Crippen molar-refractivity contribution in [3.05, 3.63) is 28.2 Å². The van der Waals surface area contributed by atoms with Crippen LogP contribution < -0.4 is 5.32 Å². The van der Waals surface area contributed by atoms with Crippen molar-refractivity contribution in [1.29, 1.82) is 0 Å². The molecule has 0 amide bonds. The SMILES string of the molecule is CNCCN(C)S(=O)(=O)c1cc(Br)ccc1C.Cl. The number of sulfonamides is 1. The number of hydrogen-bond acceptors (Lipinski definition) is 3. The van der Waals surface area contributed by atoms with Gasteiger partial charge in [-0.05, 0) is 31.7 Å². The van der Waals surface area contributed by atoms with Crippen LogP contribution in [0.4, 0.5) is 0 Å². The Morgan fingerprint density at radius 3 is 2.56 bits per heavy atom. The van der Waals surface area contributed by atoms with E-state index in [1.807, 2.05) is 6.07 Å². The fourth-order valence-corrected chi connectivity index (χ4v) is 3.34. The fraction of sp³-hybridized carbons (Fsp3) is 0.455. The summed E-state index contributed by atoms with van der Waals surface area (Å²) < 4.78 is 26.7. The maximum absolute atomic E-state index is 12.3. The number of nitrogens with zero attached hydrogens (tertiary/aromatic N) is 1. The predicted molar refractivity (Wildman–Crippen MR) is 79.9 cm³/mol. The number of nitrogens with one attached hydrogen (secondary N) is 1. The molecule has 0 aliphatic carbocycles. The Hall–Kier alpha value is -0.140. The summed E-state index contributed by atoms with van der Waals surface area (Å²) in [5.41, 5.74) is 0.754. The molecule has 7 heteroatoms. The number of aryl methyl sites for hydroxylation is 1. The summed E-state index contributed by atoms with van der Waals surface area (Å²) in [5, 5.41) is 2.93. The van der Waals surface area contributed by atoms with Gasteiger partial charge >= 0.3 is 0 Å². The van der Waals surface area contributed by atoms with Gasteiger partial charge in [0.15, 0.2) is 0 Å². The van der Waals surface area contributed by atoms with Crippen LogP contribution in [0.15, 0.2) is 27.6 Å². The molecule has 1 N–H and O–H groups in total. The molecule has 0 aliphatic heterocycles. The van der Waals surface area contributed by atoms with Crippen LogP contribution in [0.2, 0.25) is 0 Å². The number of halogens is 2. The van der Waals surface area contributed by atoms with E-state index in [2.05, 4.69) is 21.2 Å². The van der Waals surface area contributed by atoms with E-state index in [-0.39, 0.29) is 12.4 Å². The van der Waals surface area contributed by atoms with Crippen LogP contribution in [0.5, 0.6) is 0 Å². The topological polar surface area (TPSA) is 49.4 Å². The first-order chi connectivity index (χ1) is 7.89. The van der Waals surface area contributed by atoms with Crippen molar-refractivity contribution in [2.24, 2.45) is 0 Å². The lowest BCUT2D eigenvalue weighted by Crippen LogP contribution is -2.33. The smallest absolute Gasteiger partial charge is 0.243 e. The van der Waals surface area contributed by atoms with Crippen LogP contribution in [-0.2, 0) is 10.0 Å². The lowest BCUT2D eigenvalue weighted by atomic mass is 10.2. The minimum Gasteiger partial charge on any atom is -0.318 e. The van der Waals surface area contributed by atoms with Crippen LogP contribution in [0.3, 0.4) is 0 Å². The summed E-state index contributed by atoms with van der Waals surface area (Å²) in [6.45, 7) is 2.87. The van der Waals surface area contributed by atoms with Crippen molar-refractivity contribution >= 4 is 38.4 Å². The maximum Gasteiger partial charge on any atom is 0.243 e. The van der Waals surface area contributed by atoms with Gasteiger partial charge in [0.05, 0.1) is 4.90 Å². The highest BCUT2D eigenvalue weighted by Crippen LogP contribution is 2.22. The van der Waals surface area contributed by atoms with Gasteiger partial charge in [-0.3, -0.25) is 0 Å². The van der Waals surface area contributed by atoms with E-state index < -0.39 is 10.0 Å². The van der Waals surface area contributed by atoms with E-state index >= 15 is 0 Å². The molecule has 0 unspecified atom stereocenters. The van der Waals surface area contributed by atoms with E-state index in [4.69, 9.17) is 0 Å². The Labute approximate surface area is 123 Å². The number of rotatable bonds is 5. The molecule has 1 rings (SSSR count). The van der Waals surface area contributed by atoms with Crippen LogP contribution in [0, 0.1) is 6.92 Å². The first-order valence-corrected chi connectivity index (χ1v) is 7.50. The molecule has 0 saturated carbocycles. The number of benzene rings is 1. The zero-order chi connectivity index (χ0) is 13.1. The molecule has 4 nitrogen and oxygen atoms in total. The van der Waals surface area contributed by atoms with Crippen LogP contribution >= 0.6 is 28.3 Å². The highest BCUT2D eigenvalue weighted by Gasteiger charge is 2.22. The van der Waals surface area contributed by atoms with Gasteiger partial charge < -0.3 is 5.32 Å². The average Bonchev–Trinajstić information content (AvgIpc) is 2.28. The molecular formula is C11H18BrClN2O2S. The Morgan fingerprint density at radius 2 is 2.00 bits per heavy atom. The lowest BCUT2D eigenvalue weighted by molar-refractivity contribution is 0.465. The third-order valence-electron chi connectivity index (χ3n) is 2.52. The van der Waals surface area contributed by atoms with Crippen molar-refractivity contribution in [2.45, 2.75) is 11.8 Å². The van der Waals surface area contributed by atoms with E-state index in [0.717, 1.165) is 10.0 Å². The summed E-state index contributed by atoms with van der Waals surface area (Å²) in [5.74, 6) is 0. The Morgan fingerprint density at radius 1 is 1.39 bits per heavy atom. The maximum atomic E-state index is 12.3. The quantitative estimate of drug-likeness (QED) is 0.877. The molecule has 0 saturated heterocycles. The summed E-state index contributed by atoms with van der Waals surface area (Å²) in [6, 6.07) is 5.27. The number of likely N-dealkylation sites (N-methyl/N-ethyl adjacent to an activating group) is 2. The second-order valence-corrected chi connectivity index (χ2v) is 6.77. The molecule has 0 fully saturated rings. The molecule has 0 atom stereocenters. The summed E-state index contributed by atoms with van der Waals surface area (Å²) in [4.78, 5) is 0.352. The van der Waals surface area contributed by atoms with Crippen LogP contribution in [0.1, 0.15) is 5.56 Å². The zero-order valence-corrected chi connectivity index (χ0v) is 13.8. The monoisotopic (exact) mass is 356 g/mol. The van der Waals surface area contributed by atoms with Gasteiger partial charge in [0, 0.05) is 24.6 Å². The van der Waals surface area contributed by atoms with Crippen molar-refractivity contribution in [3.8, 4) is 0 Å². The van der Waals surface area contributed by atoms with E-state index in [1.54, 1.807) is 33.2 Å². The van der Waals surface area contributed by atoms with Crippen molar-refractivity contribution in [3.63, 3.8) is 0 Å². The predicted octanol–water partition coefficient (Wildman–Crippen LogP) is 2.02. The fourth-order valence-electron chi connectivity index (χ4n) is 1.41. The molecule has 0 bridgehead atoms. The van der Waals surface area contributed by atoms with Crippen molar-refractivity contribution in [2.75, 3.05) is 27.2 Å². The highest BCUT2D eigenvalue weighted by molar-refractivity contribution is 9.10. The molecule has 0 aliphatic rings. The average molecular weight is 358 g/mol. The van der Waals surface area contributed by atoms with Crippen molar-refractivity contribution in [1.82, 2.24) is 9.62 Å². The summed E-state index contributed by atoms with van der Waals surface area (Å²) in [6.07, 6.45) is 0. The lowest BCUT2D eigenvalue weighted by Gasteiger charge is -2.18. The third-order valence-corrected chi connectivity index (χ3v) is 5.01. The van der Waals surface area contributed by atoms with Crippen molar-refractivity contribution < 1.29 is 8.42 Å². The molecule has 104 valence electrons. The second-order valence-electron chi connectivity index (χ2n) is 3.84. The largest absolute Gasteiger partial charge is 0.318 e. The molecular weight excluding hydrogens is 340 g/mol. The molecule has 1 aromatic rings. The van der Waals surface area contributed by atoms with Gasteiger partial charge in [-0.25, -0.2) is 8.42 Å². The molecule has 1 aromatic carbocycles. The normalized spacial score (nSPS) is 11.4. The minimum atomic E-state index is -3.40. The van der Waals surface area contributed by atoms with Crippen LogP contribution in [0.25, 0.3) is 0 Å². The van der Waals surface area contributed by atoms with Gasteiger partial charge in [-0.15, -0.1) is 12.4 Å². The molecule has 0 aromatic heterocycles. The Balaban J connectivity index is 0.00000289. The highest BCUT2D eigenvalue weighted by atomic mass is 79.9. The third kappa shape index (κ3) is 4.20. The summed E-state index contributed by atoms with van der Waals surface area (Å²) >= 11 is 3.30. The zero-order valence-electron chi connectivity index (χ0n) is 10.6. The van der Waals surface area contributed by atoms with E-state index in [9.17, 15) is 8.42 Å². The Kier molecular flexibility index (Phi) is 7.39. The van der Waals surface area contributed by atoms with Gasteiger partial charge in [-0.1, -0.05) is 22.0 Å². The standard InChI is InChI=1S/C11H17BrN2O2S.ClH/c1-9-4-5-10(12)8-11(9)17(15,16)14(3)7-6-13-2;/h4-5,8,13H,6-7H2,1-3H3;1H. The van der Waals surface area contributed by atoms with Crippen LogP contribution in [-0.4, -0.2) is 39.9 Å². The molecule has 0 radical (unpaired) electrons. The molecule has 0 spiro atoms. The van der Waals surface area contributed by atoms with Gasteiger partial charge in [0.2, 0.25) is 10.0 Å². The van der Waals surface area contributed by atoms with Gasteiger partial charge in [0.1, 0.15) is 0 Å². The van der Waals surface area contributed by atoms with Gasteiger partial charge in [0.25, 0.3) is 0 Å². The first kappa shape index (κ1) is 17.9. The molecule has 0 heterocycles. The first-order valence-electron chi connectivity index (χ1n) is 5.26.